The first-order valence-electron chi connectivity index (χ1n) is 9.57. The molecule has 0 atom stereocenters. The van der Waals surface area contributed by atoms with Crippen LogP contribution in [-0.4, -0.2) is 36.0 Å². The molecule has 0 radical (unpaired) electrons. The second-order valence-corrected chi connectivity index (χ2v) is 7.25. The quantitative estimate of drug-likeness (QED) is 0.735. The molecule has 0 saturated heterocycles. The van der Waals surface area contributed by atoms with Crippen LogP contribution in [0.2, 0.25) is 0 Å². The number of aromatic nitrogens is 1. The largest absolute Gasteiger partial charge is 0.366 e. The highest BCUT2D eigenvalue weighted by Gasteiger charge is 2.24. The topological polar surface area (TPSA) is 75.0 Å². The van der Waals surface area contributed by atoms with Gasteiger partial charge in [-0.05, 0) is 64.5 Å². The minimum absolute atomic E-state index is 0.393. The van der Waals surface area contributed by atoms with Crippen molar-refractivity contribution in [3.8, 4) is 17.2 Å². The number of carbonyl (C=O) groups is 1. The molecule has 0 fully saturated rings. The van der Waals surface area contributed by atoms with Gasteiger partial charge in [0.2, 0.25) is 0 Å². The van der Waals surface area contributed by atoms with Gasteiger partial charge < -0.3 is 15.2 Å². The molecular formula is C22H30N4O. The second-order valence-electron chi connectivity index (χ2n) is 7.25. The van der Waals surface area contributed by atoms with Crippen LogP contribution in [0, 0.1) is 18.3 Å². The molecule has 1 aromatic heterocycles. The molecule has 5 heteroatoms. The maximum Gasteiger partial charge on any atom is 0.251 e. The number of primary amides is 1. The summed E-state index contributed by atoms with van der Waals surface area (Å²) in [6.07, 6.45) is 4.05. The summed E-state index contributed by atoms with van der Waals surface area (Å²) >= 11 is 0. The molecule has 0 bridgehead atoms. The Hall–Kier alpha value is -2.58. The van der Waals surface area contributed by atoms with Crippen LogP contribution in [0.3, 0.4) is 0 Å². The number of nitrogens with two attached hydrogens (primary N) is 1. The number of rotatable bonds is 9. The van der Waals surface area contributed by atoms with Gasteiger partial charge in [-0.1, -0.05) is 25.5 Å². The summed E-state index contributed by atoms with van der Waals surface area (Å²) in [5.74, 6) is -0.393. The summed E-state index contributed by atoms with van der Waals surface area (Å²) < 4.78 is 2.27. The van der Waals surface area contributed by atoms with Gasteiger partial charge in [-0.25, -0.2) is 0 Å². The molecule has 1 heterocycles. The van der Waals surface area contributed by atoms with Crippen molar-refractivity contribution in [2.45, 2.75) is 46.1 Å². The normalized spacial score (nSPS) is 11.0. The van der Waals surface area contributed by atoms with Crippen molar-refractivity contribution < 1.29 is 4.79 Å². The molecule has 0 aliphatic carbocycles. The Morgan fingerprint density at radius 2 is 1.89 bits per heavy atom. The van der Waals surface area contributed by atoms with Crippen LogP contribution in [-0.2, 0) is 13.0 Å². The number of amides is 1. The zero-order chi connectivity index (χ0) is 20.0. The summed E-state index contributed by atoms with van der Waals surface area (Å²) in [5.41, 5.74) is 11.0. The fourth-order valence-electron chi connectivity index (χ4n) is 3.57. The van der Waals surface area contributed by atoms with E-state index < -0.39 is 5.91 Å². The van der Waals surface area contributed by atoms with E-state index in [4.69, 9.17) is 11.0 Å². The Morgan fingerprint density at radius 1 is 1.22 bits per heavy atom. The van der Waals surface area contributed by atoms with E-state index in [0.29, 0.717) is 11.1 Å². The summed E-state index contributed by atoms with van der Waals surface area (Å²) in [6, 6.07) is 9.57. The van der Waals surface area contributed by atoms with Crippen LogP contribution < -0.4 is 5.73 Å². The third-order valence-corrected chi connectivity index (χ3v) is 4.93. The molecule has 2 N–H and O–H groups in total. The number of unbranched alkanes of at least 4 members (excludes halogenated alkanes) is 1. The monoisotopic (exact) mass is 366 g/mol. The molecule has 0 spiro atoms. The van der Waals surface area contributed by atoms with Crippen molar-refractivity contribution in [2.75, 3.05) is 20.6 Å². The van der Waals surface area contributed by atoms with E-state index in [1.807, 2.05) is 19.1 Å². The fourth-order valence-corrected chi connectivity index (χ4v) is 3.57. The van der Waals surface area contributed by atoms with Crippen molar-refractivity contribution >= 4 is 5.91 Å². The van der Waals surface area contributed by atoms with Crippen LogP contribution in [0.4, 0.5) is 0 Å². The number of hydrogen-bond acceptors (Lipinski definition) is 3. The highest BCUT2D eigenvalue weighted by molar-refractivity contribution is 6.02. The molecule has 27 heavy (non-hydrogen) atoms. The Morgan fingerprint density at radius 3 is 2.41 bits per heavy atom. The lowest BCUT2D eigenvalue weighted by molar-refractivity contribution is 0.1000. The van der Waals surface area contributed by atoms with E-state index in [1.54, 1.807) is 12.1 Å². The smallest absolute Gasteiger partial charge is 0.251 e. The summed E-state index contributed by atoms with van der Waals surface area (Å²) in [6.45, 7) is 6.00. The van der Waals surface area contributed by atoms with Gasteiger partial charge in [-0.2, -0.15) is 5.26 Å². The number of nitrogens with zero attached hydrogens (tertiary/aromatic N) is 3. The molecule has 2 rings (SSSR count). The van der Waals surface area contributed by atoms with E-state index in [2.05, 4.69) is 36.6 Å². The van der Waals surface area contributed by atoms with Gasteiger partial charge in [-0.3, -0.25) is 4.79 Å². The zero-order valence-corrected chi connectivity index (χ0v) is 16.9. The van der Waals surface area contributed by atoms with Crippen LogP contribution in [0.15, 0.2) is 24.3 Å². The van der Waals surface area contributed by atoms with Gasteiger partial charge in [0.05, 0.1) is 17.2 Å². The molecule has 0 saturated carbocycles. The average molecular weight is 367 g/mol. The Labute approximate surface area is 162 Å². The zero-order valence-electron chi connectivity index (χ0n) is 16.9. The van der Waals surface area contributed by atoms with Crippen LogP contribution >= 0.6 is 0 Å². The van der Waals surface area contributed by atoms with Crippen molar-refractivity contribution in [2.24, 2.45) is 5.73 Å². The Kier molecular flexibility index (Phi) is 7.20. The van der Waals surface area contributed by atoms with E-state index in [-0.39, 0.29) is 0 Å². The van der Waals surface area contributed by atoms with Gasteiger partial charge in [0.25, 0.3) is 5.91 Å². The molecule has 2 aromatic rings. The standard InChI is InChI=1S/C22H30N4O/c1-5-6-8-19-21(18-11-9-17(15-23)10-12-18)20(22(24)27)16(2)26(19)14-7-13-25(3)4/h9-12H,5-8,13-14H2,1-4H3,(H2,24,27). The van der Waals surface area contributed by atoms with Crippen molar-refractivity contribution in [1.29, 1.82) is 5.26 Å². The molecule has 0 unspecified atom stereocenters. The molecule has 0 aliphatic rings. The van der Waals surface area contributed by atoms with Gasteiger partial charge in [-0.15, -0.1) is 0 Å². The van der Waals surface area contributed by atoms with Gasteiger partial charge in [0.15, 0.2) is 0 Å². The highest BCUT2D eigenvalue weighted by atomic mass is 16.1. The van der Waals surface area contributed by atoms with Crippen LogP contribution in [0.5, 0.6) is 0 Å². The number of hydrogen-bond donors (Lipinski definition) is 1. The fraction of sp³-hybridized carbons (Fsp3) is 0.455. The first-order chi connectivity index (χ1) is 12.9. The predicted molar refractivity (Wildman–Crippen MR) is 110 cm³/mol. The minimum Gasteiger partial charge on any atom is -0.366 e. The number of benzene rings is 1. The minimum atomic E-state index is -0.393. The SMILES string of the molecule is CCCCc1c(-c2ccc(C#N)cc2)c(C(N)=O)c(C)n1CCCN(C)C. The van der Waals surface area contributed by atoms with Crippen molar-refractivity contribution in [1.82, 2.24) is 9.47 Å². The lowest BCUT2D eigenvalue weighted by Crippen LogP contribution is -2.17. The molecule has 144 valence electrons. The molecule has 1 amide bonds. The third kappa shape index (κ3) is 4.78. The van der Waals surface area contributed by atoms with E-state index in [9.17, 15) is 4.79 Å². The predicted octanol–water partition coefficient (Wildman–Crippen LogP) is 3.73. The van der Waals surface area contributed by atoms with Crippen LogP contribution in [0.25, 0.3) is 11.1 Å². The summed E-state index contributed by atoms with van der Waals surface area (Å²) in [7, 11) is 4.13. The number of carbonyl (C=O) groups excluding carboxylic acids is 1. The van der Waals surface area contributed by atoms with Gasteiger partial charge in [0, 0.05) is 23.5 Å². The maximum absolute atomic E-state index is 12.3. The average Bonchev–Trinajstić information content (AvgIpc) is 2.92. The van der Waals surface area contributed by atoms with Gasteiger partial charge in [0.1, 0.15) is 0 Å². The van der Waals surface area contributed by atoms with E-state index >= 15 is 0 Å². The maximum atomic E-state index is 12.3. The third-order valence-electron chi connectivity index (χ3n) is 4.93. The first-order valence-corrected chi connectivity index (χ1v) is 9.57. The molecule has 5 nitrogen and oxygen atoms in total. The van der Waals surface area contributed by atoms with Crippen LogP contribution in [0.1, 0.15) is 53.5 Å². The molecule has 1 aromatic carbocycles. The number of nitriles is 1. The van der Waals surface area contributed by atoms with Crippen molar-refractivity contribution in [3.05, 3.63) is 46.8 Å². The van der Waals surface area contributed by atoms with E-state index in [0.717, 1.165) is 55.6 Å². The lowest BCUT2D eigenvalue weighted by atomic mass is 9.97. The Balaban J connectivity index is 2.59. The van der Waals surface area contributed by atoms with Gasteiger partial charge >= 0.3 is 0 Å². The highest BCUT2D eigenvalue weighted by Crippen LogP contribution is 2.34. The summed E-state index contributed by atoms with van der Waals surface area (Å²) in [4.78, 5) is 14.5. The Bertz CT molecular complexity index is 825. The van der Waals surface area contributed by atoms with Crippen molar-refractivity contribution in [3.63, 3.8) is 0 Å². The molecular weight excluding hydrogens is 336 g/mol. The van der Waals surface area contributed by atoms with E-state index in [1.165, 1.54) is 5.69 Å². The first kappa shape index (κ1) is 20.7. The second kappa shape index (κ2) is 9.38. The summed E-state index contributed by atoms with van der Waals surface area (Å²) in [5, 5.41) is 9.07. The lowest BCUT2D eigenvalue weighted by Gasteiger charge is -2.15. The molecule has 0 aliphatic heterocycles.